The lowest BCUT2D eigenvalue weighted by atomic mass is 10.1. The highest BCUT2D eigenvalue weighted by atomic mass is 32.2. The van der Waals surface area contributed by atoms with E-state index in [4.69, 9.17) is 4.42 Å². The third-order valence-corrected chi connectivity index (χ3v) is 2.86. The maximum atomic E-state index is 11.7. The lowest BCUT2D eigenvalue weighted by molar-refractivity contribution is 0.0909. The predicted octanol–water partition coefficient (Wildman–Crippen LogP) is 0.844. The lowest BCUT2D eigenvalue weighted by Crippen LogP contribution is -2.41. The maximum Gasteiger partial charge on any atom is 0.322 e. The van der Waals surface area contributed by atoms with Crippen molar-refractivity contribution < 1.29 is 17.6 Å². The third kappa shape index (κ3) is 3.43. The number of aromatic nitrogens is 1. The van der Waals surface area contributed by atoms with E-state index in [1.54, 1.807) is 6.92 Å². The van der Waals surface area contributed by atoms with E-state index in [1.165, 1.54) is 0 Å². The zero-order chi connectivity index (χ0) is 14.8. The monoisotopic (exact) mass is 295 g/mol. The molecule has 0 spiro atoms. The number of nitrogens with zero attached hydrogens (tertiary/aromatic N) is 1. The second kappa shape index (κ2) is 5.43. The first-order valence-electron chi connectivity index (χ1n) is 5.67. The van der Waals surface area contributed by atoms with E-state index >= 15 is 0 Å². The van der Waals surface area contributed by atoms with Gasteiger partial charge in [-0.1, -0.05) is 30.3 Å². The number of rotatable bonds is 4. The first-order valence-corrected chi connectivity index (χ1v) is 7.56. The average Bonchev–Trinajstić information content (AvgIpc) is 2.78. The molecular formula is C12H13N3O4S. The van der Waals surface area contributed by atoms with Crippen molar-refractivity contribution in [3.05, 3.63) is 42.0 Å². The molecule has 0 aliphatic rings. The Bertz CT molecular complexity index is 722. The molecule has 1 aromatic carbocycles. The van der Waals surface area contributed by atoms with Crippen molar-refractivity contribution in [1.29, 1.82) is 0 Å². The van der Waals surface area contributed by atoms with Crippen molar-refractivity contribution in [1.82, 2.24) is 15.2 Å². The Morgan fingerprint density at radius 2 is 1.90 bits per heavy atom. The highest BCUT2D eigenvalue weighted by molar-refractivity contribution is 7.88. The van der Waals surface area contributed by atoms with Gasteiger partial charge in [-0.2, -0.15) is 0 Å². The number of hydrogen-bond acceptors (Lipinski definition) is 5. The minimum atomic E-state index is -3.53. The van der Waals surface area contributed by atoms with Crippen LogP contribution < -0.4 is 10.3 Å². The van der Waals surface area contributed by atoms with Gasteiger partial charge in [-0.25, -0.2) is 13.4 Å². The van der Waals surface area contributed by atoms with Crippen molar-refractivity contribution in [3.63, 3.8) is 0 Å². The number of carbonyl (C=O) groups excluding carboxylic acids is 1. The van der Waals surface area contributed by atoms with Crippen LogP contribution in [0.25, 0.3) is 11.3 Å². The first kappa shape index (κ1) is 14.2. The second-order valence-electron chi connectivity index (χ2n) is 4.12. The maximum absolute atomic E-state index is 11.7. The SMILES string of the molecule is Cc1oc(C(=O)NNS(C)(=O)=O)nc1-c1ccccc1. The fourth-order valence-electron chi connectivity index (χ4n) is 1.55. The van der Waals surface area contributed by atoms with Crippen LogP contribution in [0, 0.1) is 6.92 Å². The number of benzene rings is 1. The number of nitrogens with one attached hydrogen (secondary N) is 2. The van der Waals surface area contributed by atoms with Gasteiger partial charge in [0.1, 0.15) is 11.5 Å². The van der Waals surface area contributed by atoms with Gasteiger partial charge in [0.05, 0.1) is 6.26 Å². The molecule has 1 aromatic heterocycles. The van der Waals surface area contributed by atoms with Crippen LogP contribution in [-0.4, -0.2) is 25.6 Å². The quantitative estimate of drug-likeness (QED) is 0.814. The van der Waals surface area contributed by atoms with E-state index in [0.29, 0.717) is 11.5 Å². The Kier molecular flexibility index (Phi) is 3.86. The van der Waals surface area contributed by atoms with Gasteiger partial charge in [0.15, 0.2) is 0 Å². The molecule has 0 unspecified atom stereocenters. The Morgan fingerprint density at radius 1 is 1.25 bits per heavy atom. The van der Waals surface area contributed by atoms with Gasteiger partial charge in [0.25, 0.3) is 5.89 Å². The largest absolute Gasteiger partial charge is 0.437 e. The Morgan fingerprint density at radius 3 is 2.50 bits per heavy atom. The van der Waals surface area contributed by atoms with E-state index in [2.05, 4.69) is 4.98 Å². The zero-order valence-electron chi connectivity index (χ0n) is 10.9. The van der Waals surface area contributed by atoms with Crippen LogP contribution in [0.2, 0.25) is 0 Å². The van der Waals surface area contributed by atoms with Crippen LogP contribution in [0.1, 0.15) is 16.4 Å². The van der Waals surface area contributed by atoms with E-state index in [9.17, 15) is 13.2 Å². The highest BCUT2D eigenvalue weighted by Gasteiger charge is 2.18. The van der Waals surface area contributed by atoms with Gasteiger partial charge in [-0.15, -0.1) is 4.83 Å². The van der Waals surface area contributed by atoms with Gasteiger partial charge in [0.2, 0.25) is 10.0 Å². The van der Waals surface area contributed by atoms with E-state index in [0.717, 1.165) is 11.8 Å². The Hall–Kier alpha value is -2.19. The molecule has 2 aromatic rings. The summed E-state index contributed by atoms with van der Waals surface area (Å²) in [6.45, 7) is 1.68. The van der Waals surface area contributed by atoms with Crippen LogP contribution in [0.5, 0.6) is 0 Å². The summed E-state index contributed by atoms with van der Waals surface area (Å²) in [5, 5.41) is 0. The number of aryl methyl sites for hydroxylation is 1. The summed E-state index contributed by atoms with van der Waals surface area (Å²) < 4.78 is 27.0. The molecule has 7 nitrogen and oxygen atoms in total. The van der Waals surface area contributed by atoms with Crippen LogP contribution in [0.4, 0.5) is 0 Å². The van der Waals surface area contributed by atoms with Crippen LogP contribution in [0.15, 0.2) is 34.7 Å². The molecule has 8 heteroatoms. The van der Waals surface area contributed by atoms with Gasteiger partial charge in [0, 0.05) is 5.56 Å². The number of amides is 1. The highest BCUT2D eigenvalue weighted by Crippen LogP contribution is 2.22. The standard InChI is InChI=1S/C12H13N3O4S/c1-8-10(9-6-4-3-5-7-9)13-12(19-8)11(16)14-15-20(2,17)18/h3-7,15H,1-2H3,(H,14,16). The summed E-state index contributed by atoms with van der Waals surface area (Å²) in [6, 6.07) is 9.22. The van der Waals surface area contributed by atoms with Crippen molar-refractivity contribution in [2.45, 2.75) is 6.92 Å². The molecular weight excluding hydrogens is 282 g/mol. The number of sulfonamides is 1. The molecule has 0 saturated carbocycles. The molecule has 1 amide bonds. The predicted molar refractivity (Wildman–Crippen MR) is 72.1 cm³/mol. The zero-order valence-corrected chi connectivity index (χ0v) is 11.7. The van der Waals surface area contributed by atoms with Gasteiger partial charge >= 0.3 is 5.91 Å². The normalized spacial score (nSPS) is 11.3. The van der Waals surface area contributed by atoms with Crippen LogP contribution in [0.3, 0.4) is 0 Å². The van der Waals surface area contributed by atoms with Crippen molar-refractivity contribution in [2.24, 2.45) is 0 Å². The van der Waals surface area contributed by atoms with Crippen LogP contribution >= 0.6 is 0 Å². The summed E-state index contributed by atoms with van der Waals surface area (Å²) in [5.74, 6) is -0.501. The smallest absolute Gasteiger partial charge is 0.322 e. The number of hydrazine groups is 1. The van der Waals surface area contributed by atoms with Gasteiger partial charge in [-0.3, -0.25) is 10.2 Å². The second-order valence-corrected chi connectivity index (χ2v) is 5.87. The molecule has 0 radical (unpaired) electrons. The third-order valence-electron chi connectivity index (χ3n) is 2.39. The van der Waals surface area contributed by atoms with E-state index in [-0.39, 0.29) is 5.89 Å². The fraction of sp³-hybridized carbons (Fsp3) is 0.167. The fourth-order valence-corrected chi connectivity index (χ4v) is 1.83. The van der Waals surface area contributed by atoms with E-state index in [1.807, 2.05) is 40.6 Å². The van der Waals surface area contributed by atoms with Crippen LogP contribution in [-0.2, 0) is 10.0 Å². The molecule has 0 atom stereocenters. The molecule has 2 rings (SSSR count). The molecule has 0 aliphatic heterocycles. The topological polar surface area (TPSA) is 101 Å². The molecule has 0 fully saturated rings. The summed E-state index contributed by atoms with van der Waals surface area (Å²) in [7, 11) is -3.53. The first-order chi connectivity index (χ1) is 9.37. The minimum absolute atomic E-state index is 0.211. The Labute approximate surface area is 116 Å². The Balaban J connectivity index is 2.21. The summed E-state index contributed by atoms with van der Waals surface area (Å²) in [4.78, 5) is 17.6. The molecule has 20 heavy (non-hydrogen) atoms. The molecule has 0 aliphatic carbocycles. The lowest BCUT2D eigenvalue weighted by Gasteiger charge is -2.01. The van der Waals surface area contributed by atoms with E-state index < -0.39 is 15.9 Å². The minimum Gasteiger partial charge on any atom is -0.437 e. The number of hydrogen-bond donors (Lipinski definition) is 2. The number of oxazole rings is 1. The molecule has 0 saturated heterocycles. The molecule has 0 bridgehead atoms. The summed E-state index contributed by atoms with van der Waals surface area (Å²) >= 11 is 0. The van der Waals surface area contributed by atoms with Gasteiger partial charge in [-0.05, 0) is 6.92 Å². The molecule has 106 valence electrons. The molecule has 1 heterocycles. The van der Waals surface area contributed by atoms with Gasteiger partial charge < -0.3 is 4.42 Å². The van der Waals surface area contributed by atoms with Crippen molar-refractivity contribution in [2.75, 3.05) is 6.26 Å². The van der Waals surface area contributed by atoms with Crippen molar-refractivity contribution in [3.8, 4) is 11.3 Å². The average molecular weight is 295 g/mol. The van der Waals surface area contributed by atoms with Crippen molar-refractivity contribution >= 4 is 15.9 Å². The summed E-state index contributed by atoms with van der Waals surface area (Å²) in [5.41, 5.74) is 3.34. The summed E-state index contributed by atoms with van der Waals surface area (Å²) in [6.07, 6.45) is 0.920. The molecule has 2 N–H and O–H groups in total. The number of carbonyl (C=O) groups is 1.